The van der Waals surface area contributed by atoms with Crippen molar-refractivity contribution in [1.82, 2.24) is 4.31 Å². The van der Waals surface area contributed by atoms with E-state index in [-0.39, 0.29) is 22.2 Å². The summed E-state index contributed by atoms with van der Waals surface area (Å²) in [4.78, 5) is 9.69. The number of hydrogen-bond donors (Lipinski definition) is 1. The van der Waals surface area contributed by atoms with Gasteiger partial charge < -0.3 is 5.11 Å². The fourth-order valence-electron chi connectivity index (χ4n) is 1.61. The Morgan fingerprint density at radius 1 is 1.45 bits per heavy atom. The van der Waals surface area contributed by atoms with E-state index >= 15 is 0 Å². The van der Waals surface area contributed by atoms with E-state index < -0.39 is 20.5 Å². The summed E-state index contributed by atoms with van der Waals surface area (Å²) in [6.45, 7) is 2.80. The summed E-state index contributed by atoms with van der Waals surface area (Å²) < 4.78 is 25.5. The van der Waals surface area contributed by atoms with E-state index in [1.807, 2.05) is 0 Å². The minimum Gasteiger partial charge on any atom is -0.389 e. The Morgan fingerprint density at radius 3 is 2.40 bits per heavy atom. The number of rotatable bonds is 5. The Kier molecular flexibility index (Phi) is 4.75. The minimum absolute atomic E-state index is 0.136. The van der Waals surface area contributed by atoms with Crippen molar-refractivity contribution in [2.75, 3.05) is 13.6 Å². The van der Waals surface area contributed by atoms with Crippen molar-refractivity contribution in [3.8, 4) is 0 Å². The predicted octanol–water partition coefficient (Wildman–Crippen LogP) is 1.64. The summed E-state index contributed by atoms with van der Waals surface area (Å²) in [5, 5.41) is 20.0. The van der Waals surface area contributed by atoms with Crippen LogP contribution in [0.3, 0.4) is 0 Å². The number of benzene rings is 1. The molecule has 1 N–H and O–H groups in total. The van der Waals surface area contributed by atoms with E-state index in [0.29, 0.717) is 0 Å². The first-order chi connectivity index (χ1) is 8.95. The minimum atomic E-state index is -3.93. The third kappa shape index (κ3) is 3.89. The lowest BCUT2D eigenvalue weighted by atomic mass is 10.1. The van der Waals surface area contributed by atoms with Crippen LogP contribution in [0.4, 0.5) is 5.69 Å². The van der Waals surface area contributed by atoms with Crippen molar-refractivity contribution in [3.63, 3.8) is 0 Å². The smallest absolute Gasteiger partial charge is 0.271 e. The molecule has 0 unspecified atom stereocenters. The van der Waals surface area contributed by atoms with Crippen LogP contribution < -0.4 is 0 Å². The summed E-state index contributed by atoms with van der Waals surface area (Å²) in [6.07, 6.45) is 0. The molecule has 0 aromatic heterocycles. The average molecular weight is 323 g/mol. The van der Waals surface area contributed by atoms with Gasteiger partial charge in [-0.2, -0.15) is 4.31 Å². The zero-order valence-electron chi connectivity index (χ0n) is 11.2. The normalized spacial score (nSPS) is 12.7. The maximum atomic E-state index is 12.3. The summed E-state index contributed by atoms with van der Waals surface area (Å²) in [7, 11) is -2.63. The van der Waals surface area contributed by atoms with Gasteiger partial charge in [-0.15, -0.1) is 0 Å². The van der Waals surface area contributed by atoms with Gasteiger partial charge >= 0.3 is 0 Å². The third-order valence-electron chi connectivity index (χ3n) is 2.42. The van der Waals surface area contributed by atoms with Crippen LogP contribution in [-0.2, 0) is 10.0 Å². The molecule has 112 valence electrons. The monoisotopic (exact) mass is 322 g/mol. The molecule has 1 aromatic carbocycles. The Morgan fingerprint density at radius 2 is 2.00 bits per heavy atom. The van der Waals surface area contributed by atoms with Crippen LogP contribution in [0.1, 0.15) is 13.8 Å². The molecule has 1 aromatic rings. The molecule has 0 aliphatic carbocycles. The van der Waals surface area contributed by atoms with E-state index in [9.17, 15) is 23.6 Å². The lowest BCUT2D eigenvalue weighted by Crippen LogP contribution is -2.39. The first kappa shape index (κ1) is 16.8. The van der Waals surface area contributed by atoms with Crippen molar-refractivity contribution >= 4 is 27.3 Å². The first-order valence-corrected chi connectivity index (χ1v) is 7.39. The van der Waals surface area contributed by atoms with E-state index in [4.69, 9.17) is 11.6 Å². The molecular formula is C11H15ClN2O5S. The molecule has 0 aliphatic heterocycles. The second-order valence-corrected chi connectivity index (χ2v) is 7.37. The van der Waals surface area contributed by atoms with Crippen molar-refractivity contribution in [2.45, 2.75) is 24.3 Å². The topological polar surface area (TPSA) is 101 Å². The van der Waals surface area contributed by atoms with Gasteiger partial charge in [-0.1, -0.05) is 11.6 Å². The van der Waals surface area contributed by atoms with Crippen LogP contribution in [0.2, 0.25) is 5.02 Å². The molecule has 0 atom stereocenters. The molecule has 0 amide bonds. The van der Waals surface area contributed by atoms with Crippen LogP contribution in [0.5, 0.6) is 0 Å². The zero-order valence-corrected chi connectivity index (χ0v) is 12.8. The van der Waals surface area contributed by atoms with Crippen molar-refractivity contribution in [3.05, 3.63) is 33.3 Å². The molecule has 0 bridgehead atoms. The van der Waals surface area contributed by atoms with Crippen LogP contribution >= 0.6 is 11.6 Å². The molecular weight excluding hydrogens is 308 g/mol. The number of nitrogens with zero attached hydrogens (tertiary/aromatic N) is 2. The van der Waals surface area contributed by atoms with E-state index in [1.165, 1.54) is 20.9 Å². The van der Waals surface area contributed by atoms with E-state index in [1.54, 1.807) is 0 Å². The lowest BCUT2D eigenvalue weighted by Gasteiger charge is -2.25. The standard InChI is InChI=1S/C11H15ClN2O5S/c1-11(2,15)7-13(3)20(18,19)10-5-4-8(14(16)17)6-9(10)12/h4-6,15H,7H2,1-3H3. The molecule has 0 aliphatic rings. The highest BCUT2D eigenvalue weighted by molar-refractivity contribution is 7.89. The van der Waals surface area contributed by atoms with Crippen LogP contribution in [0, 0.1) is 10.1 Å². The Hall–Kier alpha value is -1.22. The number of hydrogen-bond acceptors (Lipinski definition) is 5. The molecule has 20 heavy (non-hydrogen) atoms. The summed E-state index contributed by atoms with van der Waals surface area (Å²) in [5.74, 6) is 0. The molecule has 0 radical (unpaired) electrons. The Balaban J connectivity index is 3.20. The molecule has 0 saturated heterocycles. The van der Waals surface area contributed by atoms with Crippen molar-refractivity contribution < 1.29 is 18.4 Å². The van der Waals surface area contributed by atoms with Crippen molar-refractivity contribution in [2.24, 2.45) is 0 Å². The molecule has 9 heteroatoms. The number of likely N-dealkylation sites (N-methyl/N-ethyl adjacent to an activating group) is 1. The summed E-state index contributed by atoms with van der Waals surface area (Å²) >= 11 is 5.80. The number of sulfonamides is 1. The predicted molar refractivity (Wildman–Crippen MR) is 74.2 cm³/mol. The molecule has 0 heterocycles. The molecule has 1 rings (SSSR count). The fraction of sp³-hybridized carbons (Fsp3) is 0.455. The second-order valence-electron chi connectivity index (χ2n) is 4.95. The van der Waals surface area contributed by atoms with Crippen LogP contribution in [0.15, 0.2) is 23.1 Å². The molecule has 0 saturated carbocycles. The highest BCUT2D eigenvalue weighted by atomic mass is 35.5. The molecule has 0 fully saturated rings. The average Bonchev–Trinajstić information content (AvgIpc) is 2.25. The fourth-order valence-corrected chi connectivity index (χ4v) is 3.44. The van der Waals surface area contributed by atoms with Gasteiger partial charge in [0.1, 0.15) is 4.90 Å². The van der Waals surface area contributed by atoms with Gasteiger partial charge in [0.05, 0.1) is 15.5 Å². The molecule has 7 nitrogen and oxygen atoms in total. The zero-order chi connectivity index (χ0) is 15.7. The number of aliphatic hydroxyl groups is 1. The summed E-state index contributed by atoms with van der Waals surface area (Å²) in [6, 6.07) is 3.12. The van der Waals surface area contributed by atoms with Gasteiger partial charge in [-0.3, -0.25) is 10.1 Å². The maximum absolute atomic E-state index is 12.3. The highest BCUT2D eigenvalue weighted by Gasteiger charge is 2.28. The van der Waals surface area contributed by atoms with Crippen LogP contribution in [-0.4, -0.2) is 41.9 Å². The van der Waals surface area contributed by atoms with Gasteiger partial charge in [0, 0.05) is 25.7 Å². The van der Waals surface area contributed by atoms with E-state index in [0.717, 1.165) is 22.5 Å². The number of nitro groups is 1. The van der Waals surface area contributed by atoms with Gasteiger partial charge in [-0.25, -0.2) is 8.42 Å². The third-order valence-corrected chi connectivity index (χ3v) is 4.71. The number of nitro benzene ring substituents is 1. The number of non-ortho nitro benzene ring substituents is 1. The van der Waals surface area contributed by atoms with Gasteiger partial charge in [0.2, 0.25) is 10.0 Å². The van der Waals surface area contributed by atoms with Crippen LogP contribution in [0.25, 0.3) is 0 Å². The lowest BCUT2D eigenvalue weighted by molar-refractivity contribution is -0.384. The quantitative estimate of drug-likeness (QED) is 0.656. The Bertz CT molecular complexity index is 624. The first-order valence-electron chi connectivity index (χ1n) is 5.58. The largest absolute Gasteiger partial charge is 0.389 e. The molecule has 0 spiro atoms. The highest BCUT2D eigenvalue weighted by Crippen LogP contribution is 2.28. The second kappa shape index (κ2) is 5.65. The SMILES string of the molecule is CN(CC(C)(C)O)S(=O)(=O)c1ccc([N+](=O)[O-])cc1Cl. The van der Waals surface area contributed by atoms with Crippen molar-refractivity contribution in [1.29, 1.82) is 0 Å². The van der Waals surface area contributed by atoms with E-state index in [2.05, 4.69) is 0 Å². The van der Waals surface area contributed by atoms with Gasteiger partial charge in [0.25, 0.3) is 5.69 Å². The Labute approximate surface area is 122 Å². The maximum Gasteiger partial charge on any atom is 0.271 e. The van der Waals surface area contributed by atoms with Gasteiger partial charge in [0.15, 0.2) is 0 Å². The van der Waals surface area contributed by atoms with Gasteiger partial charge in [-0.05, 0) is 19.9 Å². The summed E-state index contributed by atoms with van der Waals surface area (Å²) in [5.41, 5.74) is -1.51. The number of halogens is 1.